The summed E-state index contributed by atoms with van der Waals surface area (Å²) in [6.45, 7) is 2.26. The molecule has 8 heteroatoms. The maximum atomic E-state index is 12.5. The number of nitro benzene ring substituents is 2. The van der Waals surface area contributed by atoms with Gasteiger partial charge in [-0.25, -0.2) is 0 Å². The average molecular weight is 555 g/mol. The molecule has 0 heterocycles. The summed E-state index contributed by atoms with van der Waals surface area (Å²) in [5, 5.41) is 22.1. The van der Waals surface area contributed by atoms with Gasteiger partial charge in [-0.1, -0.05) is 96.5 Å². The van der Waals surface area contributed by atoms with Gasteiger partial charge >= 0.3 is 0 Å². The molecule has 2 rings (SSSR count). The van der Waals surface area contributed by atoms with Crippen LogP contribution in [0.3, 0.4) is 0 Å². The van der Waals surface area contributed by atoms with Gasteiger partial charge in [-0.15, -0.1) is 11.8 Å². The van der Waals surface area contributed by atoms with Crippen LogP contribution < -0.4 is 0 Å². The van der Waals surface area contributed by atoms with Gasteiger partial charge in [0.2, 0.25) is 0 Å². The first kappa shape index (κ1) is 32.2. The van der Waals surface area contributed by atoms with Crippen molar-refractivity contribution in [2.24, 2.45) is 0 Å². The number of hydrogen-bond donors (Lipinski definition) is 0. The number of ketones is 1. The highest BCUT2D eigenvalue weighted by molar-refractivity contribution is 7.99. The minimum absolute atomic E-state index is 0.226. The van der Waals surface area contributed by atoms with Crippen LogP contribution >= 0.6 is 11.8 Å². The minimum atomic E-state index is -0.693. The van der Waals surface area contributed by atoms with E-state index in [2.05, 4.69) is 6.92 Å². The Morgan fingerprint density at radius 2 is 1.18 bits per heavy atom. The quantitative estimate of drug-likeness (QED) is 0.0380. The van der Waals surface area contributed by atoms with Gasteiger partial charge in [0.1, 0.15) is 0 Å². The second-order valence-corrected chi connectivity index (χ2v) is 11.1. The van der Waals surface area contributed by atoms with Crippen molar-refractivity contribution in [2.45, 2.75) is 102 Å². The molecule has 2 aromatic rings. The van der Waals surface area contributed by atoms with E-state index >= 15 is 0 Å². The number of benzene rings is 2. The molecule has 7 nitrogen and oxygen atoms in total. The number of rotatable bonds is 21. The number of allylic oxidation sites excluding steroid dienone is 1. The SMILES string of the molecule is CCCCCCCCCCCCCCCCSc1ccc(C(=O)/C=C/c2cc([N+](=O)[O-])cc([N+](=O)[O-])c2)cc1. The summed E-state index contributed by atoms with van der Waals surface area (Å²) < 4.78 is 0. The van der Waals surface area contributed by atoms with Gasteiger partial charge in [0.05, 0.1) is 15.9 Å². The topological polar surface area (TPSA) is 103 Å². The lowest BCUT2D eigenvalue weighted by atomic mass is 10.0. The molecular formula is C31H42N2O5S. The number of nitrogens with zero attached hydrogens (tertiary/aromatic N) is 2. The maximum Gasteiger partial charge on any atom is 0.276 e. The summed E-state index contributed by atoms with van der Waals surface area (Å²) >= 11 is 1.79. The number of nitro groups is 2. The number of unbranched alkanes of at least 4 members (excludes halogenated alkanes) is 13. The highest BCUT2D eigenvalue weighted by Crippen LogP contribution is 2.24. The van der Waals surface area contributed by atoms with Crippen molar-refractivity contribution in [3.8, 4) is 0 Å². The predicted molar refractivity (Wildman–Crippen MR) is 161 cm³/mol. The summed E-state index contributed by atoms with van der Waals surface area (Å²) in [4.78, 5) is 34.3. The fourth-order valence-corrected chi connectivity index (χ4v) is 5.31. The fourth-order valence-electron chi connectivity index (χ4n) is 4.40. The first-order valence-electron chi connectivity index (χ1n) is 14.3. The summed E-state index contributed by atoms with van der Waals surface area (Å²) in [5.41, 5.74) is -0.0652. The van der Waals surface area contributed by atoms with E-state index in [4.69, 9.17) is 0 Å². The van der Waals surface area contributed by atoms with E-state index < -0.39 is 21.2 Å². The van der Waals surface area contributed by atoms with Crippen LogP contribution in [0.5, 0.6) is 0 Å². The molecule has 0 atom stereocenters. The molecule has 0 N–H and O–H groups in total. The maximum absolute atomic E-state index is 12.5. The first-order chi connectivity index (χ1) is 18.9. The van der Waals surface area contributed by atoms with Crippen molar-refractivity contribution < 1.29 is 14.6 Å². The normalized spacial score (nSPS) is 11.2. The molecule has 2 aromatic carbocycles. The molecular weight excluding hydrogens is 512 g/mol. The van der Waals surface area contributed by atoms with Crippen molar-refractivity contribution in [1.29, 1.82) is 0 Å². The Bertz CT molecular complexity index is 1040. The van der Waals surface area contributed by atoms with E-state index in [-0.39, 0.29) is 11.3 Å². The van der Waals surface area contributed by atoms with E-state index in [9.17, 15) is 25.0 Å². The summed E-state index contributed by atoms with van der Waals surface area (Å²) in [6, 6.07) is 10.7. The molecule has 0 bridgehead atoms. The lowest BCUT2D eigenvalue weighted by Crippen LogP contribution is -1.95. The lowest BCUT2D eigenvalue weighted by Gasteiger charge is -2.04. The van der Waals surface area contributed by atoms with Gasteiger partial charge in [-0.05, 0) is 48.1 Å². The Labute approximate surface area is 236 Å². The number of carbonyl (C=O) groups excluding carboxylic acids is 1. The molecule has 0 radical (unpaired) electrons. The van der Waals surface area contributed by atoms with Crippen molar-refractivity contribution >= 4 is 35.0 Å². The average Bonchev–Trinajstić information content (AvgIpc) is 2.94. The zero-order valence-electron chi connectivity index (χ0n) is 23.1. The van der Waals surface area contributed by atoms with Crippen LogP contribution in [0.25, 0.3) is 6.08 Å². The molecule has 0 aliphatic carbocycles. The summed E-state index contributed by atoms with van der Waals surface area (Å²) in [7, 11) is 0. The second-order valence-electron chi connectivity index (χ2n) is 9.96. The van der Waals surface area contributed by atoms with Crippen molar-refractivity contribution in [2.75, 3.05) is 5.75 Å². The molecule has 0 amide bonds. The smallest absolute Gasteiger partial charge is 0.276 e. The van der Waals surface area contributed by atoms with E-state index in [0.29, 0.717) is 5.56 Å². The lowest BCUT2D eigenvalue weighted by molar-refractivity contribution is -0.394. The van der Waals surface area contributed by atoms with Gasteiger partial charge in [-0.2, -0.15) is 0 Å². The van der Waals surface area contributed by atoms with Crippen molar-refractivity contribution in [1.82, 2.24) is 0 Å². The third-order valence-electron chi connectivity index (χ3n) is 6.68. The Balaban J connectivity index is 1.61. The third kappa shape index (κ3) is 13.6. The van der Waals surface area contributed by atoms with Crippen LogP contribution in [0.2, 0.25) is 0 Å². The standard InChI is InChI=1S/C31H42N2O5S/c1-2-3-4-5-6-7-8-9-10-11-12-13-14-15-22-39-30-19-17-27(18-20-30)31(34)21-16-26-23-28(32(35)36)25-29(24-26)33(37)38/h16-21,23-25H,2-15,22H2,1H3/b21-16+. The summed E-state index contributed by atoms with van der Waals surface area (Å²) in [6.07, 6.45) is 21.5. The van der Waals surface area contributed by atoms with Crippen LogP contribution in [-0.2, 0) is 0 Å². The van der Waals surface area contributed by atoms with E-state index in [1.54, 1.807) is 23.9 Å². The number of hydrogen-bond acceptors (Lipinski definition) is 6. The van der Waals surface area contributed by atoms with E-state index in [1.165, 1.54) is 114 Å². The van der Waals surface area contributed by atoms with Gasteiger partial charge < -0.3 is 0 Å². The molecule has 0 aliphatic rings. The Hall–Kier alpha value is -3.00. The Morgan fingerprint density at radius 3 is 1.64 bits per heavy atom. The molecule has 39 heavy (non-hydrogen) atoms. The molecule has 212 valence electrons. The monoisotopic (exact) mass is 554 g/mol. The minimum Gasteiger partial charge on any atom is -0.289 e. The number of thioether (sulfide) groups is 1. The second kappa shape index (κ2) is 19.1. The largest absolute Gasteiger partial charge is 0.289 e. The fraction of sp³-hybridized carbons (Fsp3) is 0.516. The van der Waals surface area contributed by atoms with Crippen LogP contribution in [0.15, 0.2) is 53.4 Å². The summed E-state index contributed by atoms with van der Waals surface area (Å²) in [5.74, 6) is 0.782. The Kier molecular flexibility index (Phi) is 15.8. The molecule has 0 aliphatic heterocycles. The van der Waals surface area contributed by atoms with Gasteiger partial charge in [0, 0.05) is 22.6 Å². The van der Waals surface area contributed by atoms with E-state index in [0.717, 1.165) is 16.7 Å². The van der Waals surface area contributed by atoms with Crippen LogP contribution in [0.1, 0.15) is 113 Å². The number of carbonyl (C=O) groups is 1. The van der Waals surface area contributed by atoms with Crippen LogP contribution in [0, 0.1) is 20.2 Å². The molecule has 0 saturated heterocycles. The van der Waals surface area contributed by atoms with Gasteiger partial charge in [-0.3, -0.25) is 25.0 Å². The first-order valence-corrected chi connectivity index (χ1v) is 15.3. The zero-order chi connectivity index (χ0) is 28.3. The molecule has 0 saturated carbocycles. The highest BCUT2D eigenvalue weighted by atomic mass is 32.2. The highest BCUT2D eigenvalue weighted by Gasteiger charge is 2.15. The Morgan fingerprint density at radius 1 is 0.718 bits per heavy atom. The van der Waals surface area contributed by atoms with E-state index in [1.807, 2.05) is 12.1 Å². The van der Waals surface area contributed by atoms with Crippen molar-refractivity contribution in [3.05, 3.63) is 79.9 Å². The molecule has 0 fully saturated rings. The van der Waals surface area contributed by atoms with Crippen molar-refractivity contribution in [3.63, 3.8) is 0 Å². The third-order valence-corrected chi connectivity index (χ3v) is 7.78. The molecule has 0 unspecified atom stereocenters. The predicted octanol–water partition coefficient (Wildman–Crippen LogP) is 9.97. The molecule has 0 aromatic heterocycles. The number of non-ortho nitro benzene ring substituents is 2. The van der Waals surface area contributed by atoms with Gasteiger partial charge in [0.25, 0.3) is 11.4 Å². The van der Waals surface area contributed by atoms with Crippen LogP contribution in [-0.4, -0.2) is 21.4 Å². The molecule has 0 spiro atoms. The van der Waals surface area contributed by atoms with Gasteiger partial charge in [0.15, 0.2) is 5.78 Å². The zero-order valence-corrected chi connectivity index (χ0v) is 24.0. The van der Waals surface area contributed by atoms with Crippen LogP contribution in [0.4, 0.5) is 11.4 Å².